The van der Waals surface area contributed by atoms with Crippen LogP contribution in [0.3, 0.4) is 0 Å². The molecule has 0 saturated heterocycles. The van der Waals surface area contributed by atoms with Gasteiger partial charge in [0.25, 0.3) is 0 Å². The fourth-order valence-corrected chi connectivity index (χ4v) is 4.39. The van der Waals surface area contributed by atoms with Crippen molar-refractivity contribution in [3.05, 3.63) is 16.3 Å². The van der Waals surface area contributed by atoms with Crippen LogP contribution in [0.4, 0.5) is 5.82 Å². The number of nitrogens with two attached hydrogens (primary N) is 1. The molecule has 0 bridgehead atoms. The van der Waals surface area contributed by atoms with Crippen molar-refractivity contribution in [2.75, 3.05) is 33.0 Å². The molecular formula is C16H24N4OS. The van der Waals surface area contributed by atoms with Crippen LogP contribution in [-0.2, 0) is 24.1 Å². The summed E-state index contributed by atoms with van der Waals surface area (Å²) >= 11 is 1.81. The summed E-state index contributed by atoms with van der Waals surface area (Å²) in [5, 5.41) is 1.12. The Morgan fingerprint density at radius 3 is 2.91 bits per heavy atom. The highest BCUT2D eigenvalue weighted by Crippen LogP contribution is 2.37. The highest BCUT2D eigenvalue weighted by Gasteiger charge is 2.20. The van der Waals surface area contributed by atoms with Crippen molar-refractivity contribution in [3.8, 4) is 0 Å². The van der Waals surface area contributed by atoms with Gasteiger partial charge >= 0.3 is 0 Å². The third kappa shape index (κ3) is 3.24. The number of rotatable bonds is 6. The third-order valence-electron chi connectivity index (χ3n) is 4.19. The van der Waals surface area contributed by atoms with Gasteiger partial charge in [-0.2, -0.15) is 0 Å². The molecule has 3 rings (SSSR count). The van der Waals surface area contributed by atoms with Crippen LogP contribution in [0.1, 0.15) is 35.5 Å². The second-order valence-corrected chi connectivity index (χ2v) is 7.08. The molecule has 0 radical (unpaired) electrons. The molecule has 2 heterocycles. The maximum Gasteiger partial charge on any atom is 0.146 e. The Morgan fingerprint density at radius 2 is 2.09 bits per heavy atom. The highest BCUT2D eigenvalue weighted by atomic mass is 32.1. The minimum atomic E-state index is 0.657. The summed E-state index contributed by atoms with van der Waals surface area (Å²) < 4.78 is 5.09. The van der Waals surface area contributed by atoms with Gasteiger partial charge in [-0.3, -0.25) is 4.90 Å². The Kier molecular flexibility index (Phi) is 4.90. The average molecular weight is 320 g/mol. The molecule has 2 N–H and O–H groups in total. The Labute approximate surface area is 135 Å². The largest absolute Gasteiger partial charge is 0.385 e. The first-order valence-electron chi connectivity index (χ1n) is 7.93. The van der Waals surface area contributed by atoms with Crippen LogP contribution in [-0.4, -0.2) is 42.2 Å². The van der Waals surface area contributed by atoms with Crippen LogP contribution in [0.15, 0.2) is 0 Å². The molecule has 0 amide bonds. The zero-order chi connectivity index (χ0) is 15.5. The fraction of sp³-hybridized carbons (Fsp3) is 0.625. The van der Waals surface area contributed by atoms with Crippen LogP contribution < -0.4 is 5.73 Å². The molecule has 0 aromatic carbocycles. The second-order valence-electron chi connectivity index (χ2n) is 6.00. The van der Waals surface area contributed by atoms with Crippen LogP contribution in [0.5, 0.6) is 0 Å². The van der Waals surface area contributed by atoms with E-state index in [1.54, 1.807) is 18.4 Å². The molecule has 6 heteroatoms. The first-order valence-corrected chi connectivity index (χ1v) is 8.75. The molecule has 0 saturated carbocycles. The predicted molar refractivity (Wildman–Crippen MR) is 91.3 cm³/mol. The molecule has 5 nitrogen and oxygen atoms in total. The first-order chi connectivity index (χ1) is 10.7. The number of hydrogen-bond acceptors (Lipinski definition) is 6. The van der Waals surface area contributed by atoms with E-state index in [9.17, 15) is 0 Å². The average Bonchev–Trinajstić information content (AvgIpc) is 2.86. The summed E-state index contributed by atoms with van der Waals surface area (Å²) in [6.45, 7) is 2.48. The number of hydrogen-bond donors (Lipinski definition) is 1. The van der Waals surface area contributed by atoms with Crippen LogP contribution in [0, 0.1) is 0 Å². The van der Waals surface area contributed by atoms with Crippen molar-refractivity contribution in [1.82, 2.24) is 14.9 Å². The molecule has 120 valence electrons. The zero-order valence-electron chi connectivity index (χ0n) is 13.4. The number of nitrogen functional groups attached to an aromatic ring is 1. The molecule has 1 aliphatic carbocycles. The lowest BCUT2D eigenvalue weighted by molar-refractivity contribution is 0.177. The first kappa shape index (κ1) is 15.6. The van der Waals surface area contributed by atoms with E-state index >= 15 is 0 Å². The van der Waals surface area contributed by atoms with Crippen LogP contribution in [0.2, 0.25) is 0 Å². The molecule has 0 fully saturated rings. The number of aromatic nitrogens is 2. The molecule has 0 spiro atoms. The van der Waals surface area contributed by atoms with E-state index in [2.05, 4.69) is 16.9 Å². The van der Waals surface area contributed by atoms with Gasteiger partial charge in [-0.25, -0.2) is 9.97 Å². The number of ether oxygens (including phenoxy) is 1. The van der Waals surface area contributed by atoms with Gasteiger partial charge in [-0.15, -0.1) is 11.3 Å². The Morgan fingerprint density at radius 1 is 1.27 bits per heavy atom. The number of thiophene rings is 1. The number of anilines is 1. The minimum Gasteiger partial charge on any atom is -0.385 e. The topological polar surface area (TPSA) is 64.3 Å². The Hall–Kier alpha value is -1.24. The molecule has 2 aromatic heterocycles. The quantitative estimate of drug-likeness (QED) is 0.829. The molecule has 0 unspecified atom stereocenters. The van der Waals surface area contributed by atoms with E-state index < -0.39 is 0 Å². The van der Waals surface area contributed by atoms with Crippen molar-refractivity contribution in [3.63, 3.8) is 0 Å². The smallest absolute Gasteiger partial charge is 0.146 e. The zero-order valence-corrected chi connectivity index (χ0v) is 14.2. The molecular weight excluding hydrogens is 296 g/mol. The van der Waals surface area contributed by atoms with E-state index in [0.29, 0.717) is 5.82 Å². The summed E-state index contributed by atoms with van der Waals surface area (Å²) in [5.74, 6) is 1.48. The predicted octanol–water partition coefficient (Wildman–Crippen LogP) is 2.62. The summed E-state index contributed by atoms with van der Waals surface area (Å²) in [4.78, 5) is 14.1. The normalized spacial score (nSPS) is 14.7. The Balaban J connectivity index is 1.80. The lowest BCUT2D eigenvalue weighted by Crippen LogP contribution is -2.21. The maximum absolute atomic E-state index is 6.24. The van der Waals surface area contributed by atoms with Gasteiger partial charge < -0.3 is 10.5 Å². The monoisotopic (exact) mass is 320 g/mol. The molecule has 0 atom stereocenters. The van der Waals surface area contributed by atoms with Crippen molar-refractivity contribution >= 4 is 27.4 Å². The fourth-order valence-electron chi connectivity index (χ4n) is 3.10. The van der Waals surface area contributed by atoms with Gasteiger partial charge in [-0.1, -0.05) is 0 Å². The van der Waals surface area contributed by atoms with E-state index in [0.717, 1.165) is 48.6 Å². The summed E-state index contributed by atoms with van der Waals surface area (Å²) in [5.41, 5.74) is 7.65. The van der Waals surface area contributed by atoms with Crippen molar-refractivity contribution in [2.45, 2.75) is 38.6 Å². The number of methoxy groups -OCH3 is 1. The molecule has 1 aliphatic rings. The van der Waals surface area contributed by atoms with Gasteiger partial charge in [0.05, 0.1) is 11.9 Å². The van der Waals surface area contributed by atoms with Crippen molar-refractivity contribution in [2.24, 2.45) is 0 Å². The van der Waals surface area contributed by atoms with Gasteiger partial charge in [0.15, 0.2) is 0 Å². The van der Waals surface area contributed by atoms with Crippen LogP contribution >= 0.6 is 11.3 Å². The van der Waals surface area contributed by atoms with Gasteiger partial charge in [0.2, 0.25) is 0 Å². The van der Waals surface area contributed by atoms with Gasteiger partial charge in [-0.05, 0) is 44.7 Å². The summed E-state index contributed by atoms with van der Waals surface area (Å²) in [6, 6.07) is 0. The van der Waals surface area contributed by atoms with Crippen LogP contribution in [0.25, 0.3) is 10.2 Å². The van der Waals surface area contributed by atoms with E-state index in [4.69, 9.17) is 15.5 Å². The van der Waals surface area contributed by atoms with Gasteiger partial charge in [0.1, 0.15) is 16.5 Å². The molecule has 2 aromatic rings. The number of aryl methyl sites for hydroxylation is 2. The lowest BCUT2D eigenvalue weighted by atomic mass is 9.97. The highest BCUT2D eigenvalue weighted by molar-refractivity contribution is 7.19. The maximum atomic E-state index is 6.24. The SMILES string of the molecule is COCCCN(C)Cc1nc(N)c2c3c(sc2n1)CCCC3. The van der Waals surface area contributed by atoms with E-state index in [1.165, 1.54) is 29.7 Å². The molecule has 0 aliphatic heterocycles. The van der Waals surface area contributed by atoms with Gasteiger partial charge in [0, 0.05) is 25.1 Å². The summed E-state index contributed by atoms with van der Waals surface area (Å²) in [6.07, 6.45) is 5.84. The number of nitrogens with zero attached hydrogens (tertiary/aromatic N) is 3. The third-order valence-corrected chi connectivity index (χ3v) is 5.37. The standard InChI is InChI=1S/C16H24N4OS/c1-20(8-5-9-21-2)10-13-18-15(17)14-11-6-3-4-7-12(11)22-16(14)19-13/h3-10H2,1-2H3,(H2,17,18,19). The number of fused-ring (bicyclic) bond motifs is 3. The van der Waals surface area contributed by atoms with Crippen molar-refractivity contribution in [1.29, 1.82) is 0 Å². The van der Waals surface area contributed by atoms with Crippen molar-refractivity contribution < 1.29 is 4.74 Å². The molecule has 22 heavy (non-hydrogen) atoms. The Bertz CT molecular complexity index is 655. The summed E-state index contributed by atoms with van der Waals surface area (Å²) in [7, 11) is 3.81. The second kappa shape index (κ2) is 6.89. The van der Waals surface area contributed by atoms with E-state index in [-0.39, 0.29) is 0 Å². The lowest BCUT2D eigenvalue weighted by Gasteiger charge is -2.15. The van der Waals surface area contributed by atoms with E-state index in [1.807, 2.05) is 0 Å². The minimum absolute atomic E-state index is 0.657.